The summed E-state index contributed by atoms with van der Waals surface area (Å²) in [6.07, 6.45) is -11.2. The highest BCUT2D eigenvalue weighted by Gasteiger charge is 2.53. The third-order valence-corrected chi connectivity index (χ3v) is 6.67. The van der Waals surface area contributed by atoms with Gasteiger partial charge in [-0.1, -0.05) is 12.1 Å². The molecule has 2 N–H and O–H groups in total. The maximum absolute atomic E-state index is 13.7. The number of para-hydroxylation sites is 1. The molecule has 0 radical (unpaired) electrons. The number of alkyl carbamates (subject to hydrolysis) is 1. The number of rotatable bonds is 5. The van der Waals surface area contributed by atoms with Gasteiger partial charge in [0.2, 0.25) is 11.8 Å². The second-order valence-electron chi connectivity index (χ2n) is 11.2. The van der Waals surface area contributed by atoms with E-state index in [1.54, 1.807) is 20.8 Å². The molecule has 1 aliphatic carbocycles. The van der Waals surface area contributed by atoms with Gasteiger partial charge in [-0.3, -0.25) is 14.4 Å². The van der Waals surface area contributed by atoms with Crippen LogP contribution >= 0.6 is 0 Å². The number of carbonyl (C=O) groups excluding carboxylic acids is 4. The Morgan fingerprint density at radius 3 is 2.05 bits per heavy atom. The van der Waals surface area contributed by atoms with E-state index in [1.807, 2.05) is 0 Å². The van der Waals surface area contributed by atoms with E-state index in [0.29, 0.717) is 12.1 Å². The van der Waals surface area contributed by atoms with Crippen molar-refractivity contribution in [1.82, 2.24) is 10.6 Å². The molecule has 0 bridgehead atoms. The number of nitrogens with one attached hydrogen (secondary N) is 2. The summed E-state index contributed by atoms with van der Waals surface area (Å²) in [5.74, 6) is -2.30. The maximum atomic E-state index is 13.7. The Balaban J connectivity index is 1.66. The van der Waals surface area contributed by atoms with Crippen molar-refractivity contribution in [3.63, 3.8) is 0 Å². The number of nitrogens with zero attached hydrogens (tertiary/aromatic N) is 1. The van der Waals surface area contributed by atoms with Gasteiger partial charge in [-0.05, 0) is 69.5 Å². The first-order chi connectivity index (χ1) is 19.3. The van der Waals surface area contributed by atoms with Gasteiger partial charge in [0.25, 0.3) is 0 Å². The number of fused-ring (bicyclic) bond motifs is 1. The molecule has 1 saturated carbocycles. The Hall–Kier alpha value is -4.10. The lowest BCUT2D eigenvalue weighted by atomic mass is 10.0. The van der Waals surface area contributed by atoms with Crippen LogP contribution in [0.3, 0.4) is 0 Å². The molecule has 2 aliphatic rings. The number of hydrogen-bond donors (Lipinski definition) is 2. The molecule has 0 aromatic heterocycles. The molecule has 1 fully saturated rings. The summed E-state index contributed by atoms with van der Waals surface area (Å²) in [5, 5.41) is 4.92. The van der Waals surface area contributed by atoms with Crippen LogP contribution in [0.2, 0.25) is 0 Å². The van der Waals surface area contributed by atoms with Gasteiger partial charge in [-0.15, -0.1) is 0 Å². The quantitative estimate of drug-likeness (QED) is 0.449. The van der Waals surface area contributed by atoms with Crippen molar-refractivity contribution in [1.29, 1.82) is 0 Å². The van der Waals surface area contributed by atoms with Crippen LogP contribution in [0, 0.1) is 0 Å². The van der Waals surface area contributed by atoms with Gasteiger partial charge < -0.3 is 20.3 Å². The monoisotopic (exact) mass is 599 g/mol. The molecule has 0 saturated heterocycles. The fourth-order valence-corrected chi connectivity index (χ4v) is 4.53. The van der Waals surface area contributed by atoms with Crippen molar-refractivity contribution in [2.45, 2.75) is 76.1 Å². The van der Waals surface area contributed by atoms with E-state index in [1.165, 1.54) is 24.3 Å². The second-order valence-corrected chi connectivity index (χ2v) is 11.2. The first-order valence-corrected chi connectivity index (χ1v) is 12.8. The largest absolute Gasteiger partial charge is 0.444 e. The number of benzene rings is 2. The summed E-state index contributed by atoms with van der Waals surface area (Å²) < 4.78 is 86.0. The molecule has 2 aromatic carbocycles. The minimum Gasteiger partial charge on any atom is -0.444 e. The Morgan fingerprint density at radius 1 is 0.952 bits per heavy atom. The summed E-state index contributed by atoms with van der Waals surface area (Å²) in [7, 11) is 0. The van der Waals surface area contributed by atoms with E-state index in [-0.39, 0.29) is 30.2 Å². The first-order valence-electron chi connectivity index (χ1n) is 12.8. The molecule has 1 atom stereocenters. The van der Waals surface area contributed by atoms with E-state index >= 15 is 0 Å². The fraction of sp³-hybridized carbons (Fsp3) is 0.429. The summed E-state index contributed by atoms with van der Waals surface area (Å²) in [6, 6.07) is 5.06. The number of carbonyl (C=O) groups is 4. The Kier molecular flexibility index (Phi) is 7.80. The topological polar surface area (TPSA) is 105 Å². The number of anilines is 1. The van der Waals surface area contributed by atoms with E-state index in [4.69, 9.17) is 4.74 Å². The lowest BCUT2D eigenvalue weighted by molar-refractivity contribution is -0.143. The molecule has 0 unspecified atom stereocenters. The van der Waals surface area contributed by atoms with Crippen molar-refractivity contribution in [3.8, 4) is 0 Å². The highest BCUT2D eigenvalue weighted by atomic mass is 19.4. The lowest BCUT2D eigenvalue weighted by Crippen LogP contribution is -2.56. The summed E-state index contributed by atoms with van der Waals surface area (Å²) >= 11 is 0. The molecular formula is C28H27F6N3O5. The molecule has 3 amide bonds. The molecular weight excluding hydrogens is 572 g/mol. The van der Waals surface area contributed by atoms with E-state index < -0.39 is 82.9 Å². The number of halogens is 6. The summed E-state index contributed by atoms with van der Waals surface area (Å²) in [6.45, 7) is 4.10. The average Bonchev–Trinajstić information content (AvgIpc) is 3.65. The van der Waals surface area contributed by atoms with Gasteiger partial charge in [-0.2, -0.15) is 26.3 Å². The van der Waals surface area contributed by atoms with Crippen LogP contribution in [-0.2, 0) is 33.2 Å². The number of amides is 3. The highest BCUT2D eigenvalue weighted by Crippen LogP contribution is 2.39. The molecule has 42 heavy (non-hydrogen) atoms. The SMILES string of the molecule is CC(C)(C)OC(=O)NC1(C(=O)N[C@H]2CC(=O)c3ccccc3N(Cc3cc(C(F)(F)F)cc(C(F)(F)F)c3)C2=O)CC1. The van der Waals surface area contributed by atoms with Crippen molar-refractivity contribution >= 4 is 29.4 Å². The normalized spacial score (nSPS) is 18.6. The molecule has 2 aromatic rings. The minimum absolute atomic E-state index is 0.00126. The molecule has 1 aliphatic heterocycles. The summed E-state index contributed by atoms with van der Waals surface area (Å²) in [4.78, 5) is 53.2. The molecule has 4 rings (SSSR count). The highest BCUT2D eigenvalue weighted by molar-refractivity contribution is 6.13. The number of hydrogen-bond acceptors (Lipinski definition) is 5. The van der Waals surface area contributed by atoms with Crippen LogP contribution in [-0.4, -0.2) is 40.9 Å². The van der Waals surface area contributed by atoms with Crippen LogP contribution in [0.25, 0.3) is 0 Å². The number of alkyl halides is 6. The molecule has 0 spiro atoms. The van der Waals surface area contributed by atoms with Crippen molar-refractivity contribution in [2.75, 3.05) is 4.90 Å². The van der Waals surface area contributed by atoms with Crippen LogP contribution in [0.4, 0.5) is 36.8 Å². The van der Waals surface area contributed by atoms with Crippen molar-refractivity contribution in [2.24, 2.45) is 0 Å². The molecule has 226 valence electrons. The van der Waals surface area contributed by atoms with Crippen LogP contribution in [0.1, 0.15) is 67.1 Å². The van der Waals surface area contributed by atoms with Crippen molar-refractivity contribution in [3.05, 3.63) is 64.7 Å². The zero-order valence-electron chi connectivity index (χ0n) is 22.7. The van der Waals surface area contributed by atoms with Gasteiger partial charge in [0.15, 0.2) is 5.78 Å². The van der Waals surface area contributed by atoms with Crippen LogP contribution in [0.15, 0.2) is 42.5 Å². The fourth-order valence-electron chi connectivity index (χ4n) is 4.53. The zero-order chi connectivity index (χ0) is 31.3. The Bertz CT molecular complexity index is 1390. The lowest BCUT2D eigenvalue weighted by Gasteiger charge is -2.28. The zero-order valence-corrected chi connectivity index (χ0v) is 22.7. The van der Waals surface area contributed by atoms with Crippen molar-refractivity contribution < 1.29 is 50.3 Å². The van der Waals surface area contributed by atoms with Crippen LogP contribution in [0.5, 0.6) is 0 Å². The Morgan fingerprint density at radius 2 is 1.52 bits per heavy atom. The van der Waals surface area contributed by atoms with Gasteiger partial charge in [-0.25, -0.2) is 4.79 Å². The van der Waals surface area contributed by atoms with Gasteiger partial charge in [0, 0.05) is 12.0 Å². The second kappa shape index (κ2) is 10.6. The average molecular weight is 600 g/mol. The van der Waals surface area contributed by atoms with E-state index in [2.05, 4.69) is 10.6 Å². The number of Topliss-reactive ketones (excluding diaryl/α,β-unsaturated/α-hetero) is 1. The number of ether oxygens (including phenoxy) is 1. The molecule has 14 heteroatoms. The van der Waals surface area contributed by atoms with E-state index in [9.17, 15) is 45.5 Å². The number of ketones is 1. The minimum atomic E-state index is -5.11. The molecule has 1 heterocycles. The maximum Gasteiger partial charge on any atom is 0.416 e. The van der Waals surface area contributed by atoms with Gasteiger partial charge in [0.1, 0.15) is 17.2 Å². The van der Waals surface area contributed by atoms with Gasteiger partial charge in [0.05, 0.1) is 23.4 Å². The first kappa shape index (κ1) is 30.8. The summed E-state index contributed by atoms with van der Waals surface area (Å²) in [5.41, 5.74) is -5.92. The van der Waals surface area contributed by atoms with E-state index in [0.717, 1.165) is 4.90 Å². The van der Waals surface area contributed by atoms with Gasteiger partial charge >= 0.3 is 18.4 Å². The van der Waals surface area contributed by atoms with Crippen LogP contribution < -0.4 is 15.5 Å². The third kappa shape index (κ3) is 6.85. The third-order valence-electron chi connectivity index (χ3n) is 6.67. The molecule has 8 nitrogen and oxygen atoms in total. The Labute approximate surface area is 236 Å². The smallest absolute Gasteiger partial charge is 0.416 e. The standard InChI is InChI=1S/C28H27F6N3O5/c1-25(2,3)42-24(41)36-26(8-9-26)23(40)35-19-13-21(38)18-6-4-5-7-20(18)37(22(19)39)14-15-10-16(27(29,30)31)12-17(11-15)28(32,33)34/h4-7,10-12,19H,8-9,13-14H2,1-3H3,(H,35,40)(H,36,41)/t19-/m0/s1. The predicted octanol–water partition coefficient (Wildman–Crippen LogP) is 5.39. The predicted molar refractivity (Wildman–Crippen MR) is 136 cm³/mol.